The smallest absolute Gasteiger partial charge is 0.0561 e. The molecular weight excluding hydrogens is 677 g/mol. The number of aromatic nitrogens is 1. The normalized spacial score (nSPS) is 11.6. The molecule has 0 radical (unpaired) electrons. The predicted octanol–water partition coefficient (Wildman–Crippen LogP) is 15.0. The first-order chi connectivity index (χ1) is 27.8. The lowest BCUT2D eigenvalue weighted by Crippen LogP contribution is -2.10. The summed E-state index contributed by atoms with van der Waals surface area (Å²) in [6, 6.07) is 79.5. The quantitative estimate of drug-likeness (QED) is 0.156. The van der Waals surface area contributed by atoms with Gasteiger partial charge < -0.3 is 9.47 Å². The summed E-state index contributed by atoms with van der Waals surface area (Å²) in [5.41, 5.74) is 11.7. The third-order valence-electron chi connectivity index (χ3n) is 11.3. The Kier molecular flexibility index (Phi) is 7.53. The Balaban J connectivity index is 1.20. The number of anilines is 3. The molecule has 0 aliphatic carbocycles. The topological polar surface area (TPSA) is 8.17 Å². The van der Waals surface area contributed by atoms with Crippen LogP contribution in [0.4, 0.5) is 17.1 Å². The molecule has 0 spiro atoms. The molecule has 2 heteroatoms. The molecule has 262 valence electrons. The van der Waals surface area contributed by atoms with E-state index in [1.165, 1.54) is 76.4 Å². The number of fused-ring (bicyclic) bond motifs is 7. The van der Waals surface area contributed by atoms with Crippen molar-refractivity contribution in [3.8, 4) is 27.9 Å². The molecule has 11 rings (SSSR count). The van der Waals surface area contributed by atoms with E-state index in [1.54, 1.807) is 0 Å². The van der Waals surface area contributed by atoms with Crippen LogP contribution in [-0.2, 0) is 0 Å². The van der Waals surface area contributed by atoms with Crippen molar-refractivity contribution in [1.82, 2.24) is 4.57 Å². The van der Waals surface area contributed by atoms with Gasteiger partial charge in [0, 0.05) is 33.5 Å². The van der Waals surface area contributed by atoms with Crippen LogP contribution < -0.4 is 4.90 Å². The van der Waals surface area contributed by atoms with Crippen LogP contribution in [0.3, 0.4) is 0 Å². The van der Waals surface area contributed by atoms with E-state index in [9.17, 15) is 0 Å². The lowest BCUT2D eigenvalue weighted by Gasteiger charge is -2.27. The highest BCUT2D eigenvalue weighted by Gasteiger charge is 2.21. The molecule has 0 atom stereocenters. The molecule has 0 aliphatic rings. The standard InChI is InChI=1S/C54H36N2/c1-4-17-38(18-5-1)53-49-26-13-12-24-45(49)46-32-30-43(35-50(46)54(53)39-19-6-2-7-20-39)55(41-22-8-3-9-23-41)44-31-33-48-47-25-14-15-27-51(47)56(52(48)36-44)42-29-28-37-16-10-11-21-40(37)34-42/h1-36H. The first-order valence-electron chi connectivity index (χ1n) is 19.3. The molecule has 0 bridgehead atoms. The van der Waals surface area contributed by atoms with Crippen LogP contribution >= 0.6 is 0 Å². The van der Waals surface area contributed by atoms with Crippen molar-refractivity contribution in [3.05, 3.63) is 218 Å². The van der Waals surface area contributed by atoms with Crippen molar-refractivity contribution in [1.29, 1.82) is 0 Å². The summed E-state index contributed by atoms with van der Waals surface area (Å²) in [7, 11) is 0. The minimum Gasteiger partial charge on any atom is -0.310 e. The fourth-order valence-corrected chi connectivity index (χ4v) is 8.84. The molecule has 56 heavy (non-hydrogen) atoms. The van der Waals surface area contributed by atoms with E-state index in [4.69, 9.17) is 0 Å². The maximum Gasteiger partial charge on any atom is 0.0561 e. The van der Waals surface area contributed by atoms with E-state index in [1.807, 2.05) is 0 Å². The largest absolute Gasteiger partial charge is 0.310 e. The SMILES string of the molecule is c1ccc(-c2c(-c3ccccc3)c3cc(N(c4ccccc4)c4ccc5c6ccccc6n(-c6ccc7ccccc7c6)c5c4)ccc3c3ccccc23)cc1. The molecule has 11 aromatic rings. The van der Waals surface area contributed by atoms with E-state index < -0.39 is 0 Å². The summed E-state index contributed by atoms with van der Waals surface area (Å²) in [4.78, 5) is 2.41. The molecule has 2 nitrogen and oxygen atoms in total. The Hall–Kier alpha value is -7.42. The first-order valence-corrected chi connectivity index (χ1v) is 19.3. The van der Waals surface area contributed by atoms with Gasteiger partial charge in [0.2, 0.25) is 0 Å². The van der Waals surface area contributed by atoms with Crippen molar-refractivity contribution in [2.75, 3.05) is 4.90 Å². The second kappa shape index (κ2) is 13.2. The monoisotopic (exact) mass is 712 g/mol. The third-order valence-corrected chi connectivity index (χ3v) is 11.3. The van der Waals surface area contributed by atoms with Crippen molar-refractivity contribution in [2.24, 2.45) is 0 Å². The molecule has 1 heterocycles. The Bertz CT molecular complexity index is 3240. The van der Waals surface area contributed by atoms with Crippen LogP contribution in [0.15, 0.2) is 218 Å². The predicted molar refractivity (Wildman–Crippen MR) is 239 cm³/mol. The fourth-order valence-electron chi connectivity index (χ4n) is 8.84. The number of rotatable bonds is 6. The van der Waals surface area contributed by atoms with Gasteiger partial charge in [-0.1, -0.05) is 164 Å². The number of hydrogen-bond donors (Lipinski definition) is 0. The van der Waals surface area contributed by atoms with Crippen molar-refractivity contribution < 1.29 is 0 Å². The molecule has 1 aromatic heterocycles. The summed E-state index contributed by atoms with van der Waals surface area (Å²) in [6.07, 6.45) is 0. The van der Waals surface area contributed by atoms with Gasteiger partial charge in [-0.3, -0.25) is 0 Å². The summed E-state index contributed by atoms with van der Waals surface area (Å²) in [5, 5.41) is 9.90. The number of para-hydroxylation sites is 2. The highest BCUT2D eigenvalue weighted by Crippen LogP contribution is 2.47. The van der Waals surface area contributed by atoms with E-state index in [2.05, 4.69) is 228 Å². The van der Waals surface area contributed by atoms with Crippen molar-refractivity contribution in [2.45, 2.75) is 0 Å². The lowest BCUT2D eigenvalue weighted by atomic mass is 9.85. The fraction of sp³-hybridized carbons (Fsp3) is 0. The first kappa shape index (κ1) is 32.0. The average Bonchev–Trinajstić information content (AvgIpc) is 3.60. The second-order valence-electron chi connectivity index (χ2n) is 14.5. The minimum atomic E-state index is 1.10. The summed E-state index contributed by atoms with van der Waals surface area (Å²) >= 11 is 0. The highest BCUT2D eigenvalue weighted by atomic mass is 15.1. The van der Waals surface area contributed by atoms with Crippen LogP contribution in [-0.4, -0.2) is 4.57 Å². The van der Waals surface area contributed by atoms with Gasteiger partial charge in [-0.2, -0.15) is 0 Å². The number of benzene rings is 10. The molecule has 0 aliphatic heterocycles. The Labute approximate surface area is 325 Å². The zero-order valence-electron chi connectivity index (χ0n) is 30.7. The minimum absolute atomic E-state index is 1.10. The van der Waals surface area contributed by atoms with Gasteiger partial charge in [-0.25, -0.2) is 0 Å². The van der Waals surface area contributed by atoms with E-state index in [0.29, 0.717) is 0 Å². The molecule has 0 amide bonds. The maximum absolute atomic E-state index is 2.43. The van der Waals surface area contributed by atoms with Gasteiger partial charge in [-0.15, -0.1) is 0 Å². The van der Waals surface area contributed by atoms with Crippen molar-refractivity contribution >= 4 is 71.2 Å². The van der Waals surface area contributed by atoms with E-state index >= 15 is 0 Å². The summed E-state index contributed by atoms with van der Waals surface area (Å²) in [6.45, 7) is 0. The van der Waals surface area contributed by atoms with Crippen LogP contribution in [0.5, 0.6) is 0 Å². The Morgan fingerprint density at radius 1 is 0.286 bits per heavy atom. The molecule has 0 saturated carbocycles. The molecule has 10 aromatic carbocycles. The molecule has 0 unspecified atom stereocenters. The van der Waals surface area contributed by atoms with E-state index in [-0.39, 0.29) is 0 Å². The zero-order valence-corrected chi connectivity index (χ0v) is 30.7. The second-order valence-corrected chi connectivity index (χ2v) is 14.5. The van der Waals surface area contributed by atoms with Gasteiger partial charge in [0.15, 0.2) is 0 Å². The summed E-state index contributed by atoms with van der Waals surface area (Å²) < 4.78 is 2.43. The van der Waals surface area contributed by atoms with Gasteiger partial charge in [0.25, 0.3) is 0 Å². The number of hydrogen-bond acceptors (Lipinski definition) is 1. The Morgan fingerprint density at radius 2 is 0.804 bits per heavy atom. The Morgan fingerprint density at radius 3 is 1.54 bits per heavy atom. The van der Waals surface area contributed by atoms with Crippen molar-refractivity contribution in [3.63, 3.8) is 0 Å². The van der Waals surface area contributed by atoms with Gasteiger partial charge >= 0.3 is 0 Å². The molecule has 0 saturated heterocycles. The molecular formula is C54H36N2. The molecule has 0 fully saturated rings. The maximum atomic E-state index is 2.43. The van der Waals surface area contributed by atoms with Crippen LogP contribution in [0.2, 0.25) is 0 Å². The van der Waals surface area contributed by atoms with Gasteiger partial charge in [0.05, 0.1) is 11.0 Å². The van der Waals surface area contributed by atoms with Gasteiger partial charge in [0.1, 0.15) is 0 Å². The lowest BCUT2D eigenvalue weighted by molar-refractivity contribution is 1.18. The molecule has 0 N–H and O–H groups in total. The third kappa shape index (κ3) is 5.19. The van der Waals surface area contributed by atoms with Gasteiger partial charge in [-0.05, 0) is 109 Å². The highest BCUT2D eigenvalue weighted by molar-refractivity contribution is 6.22. The van der Waals surface area contributed by atoms with Crippen LogP contribution in [0.1, 0.15) is 0 Å². The average molecular weight is 713 g/mol. The van der Waals surface area contributed by atoms with Crippen LogP contribution in [0, 0.1) is 0 Å². The number of nitrogens with zero attached hydrogens (tertiary/aromatic N) is 2. The van der Waals surface area contributed by atoms with Crippen LogP contribution in [0.25, 0.3) is 82.1 Å². The summed E-state index contributed by atoms with van der Waals surface area (Å²) in [5.74, 6) is 0. The van der Waals surface area contributed by atoms with E-state index in [0.717, 1.165) is 22.7 Å². The zero-order chi connectivity index (χ0) is 37.0.